The van der Waals surface area contributed by atoms with Crippen LogP contribution in [0.1, 0.15) is 40.5 Å². The van der Waals surface area contributed by atoms with E-state index in [0.717, 1.165) is 6.54 Å². The van der Waals surface area contributed by atoms with Gasteiger partial charge in [0.2, 0.25) is 0 Å². The number of sulfonamides is 4. The molecule has 1 aromatic rings. The Kier molecular flexibility index (Phi) is 19.5. The van der Waals surface area contributed by atoms with Gasteiger partial charge in [0.05, 0.1) is 6.33 Å². The SMILES string of the molecule is CCCCn1ccnc1.CCN(CC)CC.O=S(=O)(NS(=O)(=O)C(F)(F)F)C(F)(F)F.O=S(=O)(NS(=O)(=O)C(F)(F)F)C(F)(F)F. The highest BCUT2D eigenvalue weighted by Crippen LogP contribution is 2.28. The van der Waals surface area contributed by atoms with E-state index in [-0.39, 0.29) is 0 Å². The molecule has 0 aliphatic heterocycles. The molecule has 0 fully saturated rings. The lowest BCUT2D eigenvalue weighted by Crippen LogP contribution is -2.45. The summed E-state index contributed by atoms with van der Waals surface area (Å²) in [5.74, 6) is 0. The van der Waals surface area contributed by atoms with Crippen LogP contribution in [0.25, 0.3) is 0 Å². The lowest BCUT2D eigenvalue weighted by Gasteiger charge is -2.13. The van der Waals surface area contributed by atoms with Crippen molar-refractivity contribution in [2.45, 2.75) is 69.1 Å². The molecule has 278 valence electrons. The minimum absolute atomic E-state index is 0.493. The van der Waals surface area contributed by atoms with Crippen molar-refractivity contribution in [3.8, 4) is 0 Å². The molecule has 0 aliphatic carbocycles. The van der Waals surface area contributed by atoms with Gasteiger partial charge in [0.1, 0.15) is 0 Å². The van der Waals surface area contributed by atoms with Crippen molar-refractivity contribution < 1.29 is 86.4 Å². The van der Waals surface area contributed by atoms with Gasteiger partial charge in [-0.25, -0.2) is 38.7 Å². The summed E-state index contributed by atoms with van der Waals surface area (Å²) in [5.41, 5.74) is -24.6. The average Bonchev–Trinajstić information content (AvgIpc) is 3.35. The molecule has 0 aromatic carbocycles. The molecular formula is C17H29F12N5O8S4. The summed E-state index contributed by atoms with van der Waals surface area (Å²) in [6.45, 7) is 13.4. The average molecular weight is 788 g/mol. The third kappa shape index (κ3) is 17.8. The van der Waals surface area contributed by atoms with E-state index in [4.69, 9.17) is 0 Å². The minimum atomic E-state index is -6.60. The number of unbranched alkanes of at least 4 members (excludes halogenated alkanes) is 1. The largest absolute Gasteiger partial charge is 0.512 e. The number of nitrogens with zero attached hydrogens (tertiary/aromatic N) is 3. The predicted octanol–water partition coefficient (Wildman–Crippen LogP) is 3.58. The summed E-state index contributed by atoms with van der Waals surface area (Å²) in [4.78, 5) is 6.31. The molecule has 0 amide bonds. The van der Waals surface area contributed by atoms with Crippen molar-refractivity contribution in [1.29, 1.82) is 0 Å². The van der Waals surface area contributed by atoms with Crippen LogP contribution in [0.5, 0.6) is 0 Å². The van der Waals surface area contributed by atoms with Gasteiger partial charge in [-0.05, 0) is 26.1 Å². The zero-order chi connectivity index (χ0) is 37.6. The van der Waals surface area contributed by atoms with Crippen LogP contribution >= 0.6 is 0 Å². The number of aryl methyl sites for hydroxylation is 1. The molecule has 0 saturated heterocycles. The Balaban J connectivity index is -0.000000559. The highest BCUT2D eigenvalue weighted by molar-refractivity contribution is 8.06. The molecule has 0 aliphatic rings. The number of rotatable bonds is 10. The Morgan fingerprint density at radius 3 is 1.02 bits per heavy atom. The second-order valence-corrected chi connectivity index (χ2v) is 14.9. The fourth-order valence-corrected chi connectivity index (χ4v) is 5.73. The molecule has 46 heavy (non-hydrogen) atoms. The van der Waals surface area contributed by atoms with E-state index in [1.165, 1.54) is 32.5 Å². The van der Waals surface area contributed by atoms with Gasteiger partial charge in [-0.3, -0.25) is 0 Å². The predicted molar refractivity (Wildman–Crippen MR) is 137 cm³/mol. The summed E-state index contributed by atoms with van der Waals surface area (Å²) in [5, 5.41) is 0. The third-order valence-electron chi connectivity index (χ3n) is 4.33. The topological polar surface area (TPSA) is 182 Å². The fraction of sp³-hybridized carbons (Fsp3) is 0.824. The zero-order valence-corrected chi connectivity index (χ0v) is 27.0. The van der Waals surface area contributed by atoms with E-state index >= 15 is 0 Å². The van der Waals surface area contributed by atoms with Gasteiger partial charge in [0.15, 0.2) is 0 Å². The van der Waals surface area contributed by atoms with E-state index in [1.807, 2.05) is 18.7 Å². The summed E-state index contributed by atoms with van der Waals surface area (Å²) < 4.78 is 219. The zero-order valence-electron chi connectivity index (χ0n) is 23.8. The van der Waals surface area contributed by atoms with Crippen LogP contribution in [0.3, 0.4) is 0 Å². The summed E-state index contributed by atoms with van der Waals surface area (Å²) in [7, 11) is -26.4. The van der Waals surface area contributed by atoms with Crippen molar-refractivity contribution >= 4 is 40.1 Å². The van der Waals surface area contributed by atoms with Crippen molar-refractivity contribution in [3.63, 3.8) is 0 Å². The van der Waals surface area contributed by atoms with Crippen LogP contribution in [-0.4, -0.2) is 89.8 Å². The fourth-order valence-electron chi connectivity index (χ4n) is 1.91. The number of nitrogens with one attached hydrogen (secondary N) is 2. The van der Waals surface area contributed by atoms with Crippen molar-refractivity contribution in [2.75, 3.05) is 19.6 Å². The second kappa shape index (κ2) is 18.6. The molecule has 1 heterocycles. The summed E-state index contributed by atoms with van der Waals surface area (Å²) >= 11 is 0. The van der Waals surface area contributed by atoms with Gasteiger partial charge in [-0.15, -0.1) is 0 Å². The van der Waals surface area contributed by atoms with Gasteiger partial charge in [0, 0.05) is 18.9 Å². The molecular weight excluding hydrogens is 758 g/mol. The van der Waals surface area contributed by atoms with Crippen LogP contribution < -0.4 is 8.25 Å². The van der Waals surface area contributed by atoms with E-state index in [1.54, 1.807) is 0 Å². The summed E-state index contributed by atoms with van der Waals surface area (Å²) in [6, 6.07) is 0. The first kappa shape index (κ1) is 48.4. The maximum absolute atomic E-state index is 11.5. The first-order valence-corrected chi connectivity index (χ1v) is 17.6. The Morgan fingerprint density at radius 2 is 0.870 bits per heavy atom. The van der Waals surface area contributed by atoms with Crippen LogP contribution in [0.2, 0.25) is 0 Å². The van der Waals surface area contributed by atoms with Crippen LogP contribution in [-0.2, 0) is 46.6 Å². The normalized spacial score (nSPS) is 13.5. The van der Waals surface area contributed by atoms with Crippen LogP contribution in [0.15, 0.2) is 18.7 Å². The maximum Gasteiger partial charge on any atom is 0.512 e. The van der Waals surface area contributed by atoms with E-state index < -0.39 is 70.4 Å². The minimum Gasteiger partial charge on any atom is -0.337 e. The number of alkyl halides is 12. The standard InChI is InChI=1S/C7H12N2.C6H15N.2C2HF6NO4S2/c1-2-3-5-9-6-4-8-7-9;1-4-7(5-2)6-3;2*3-1(4,5)14(10,11)9-15(12,13)2(6,7)8/h4,6-7H,2-3,5H2,1H3;4-6H2,1-3H3;2*9H. The molecule has 0 atom stereocenters. The molecule has 13 nitrogen and oxygen atoms in total. The number of hydrogen-bond acceptors (Lipinski definition) is 10. The van der Waals surface area contributed by atoms with Crippen LogP contribution in [0, 0.1) is 0 Å². The lowest BCUT2D eigenvalue weighted by molar-refractivity contribution is -0.0487. The molecule has 0 saturated carbocycles. The monoisotopic (exact) mass is 787 g/mol. The molecule has 1 aromatic heterocycles. The van der Waals surface area contributed by atoms with Crippen molar-refractivity contribution in [2.24, 2.45) is 0 Å². The quantitative estimate of drug-likeness (QED) is 0.333. The molecule has 1 rings (SSSR count). The molecule has 0 bridgehead atoms. The van der Waals surface area contributed by atoms with Crippen LogP contribution in [0.4, 0.5) is 52.7 Å². The Labute approximate surface area is 256 Å². The number of imidazole rings is 1. The summed E-state index contributed by atoms with van der Waals surface area (Å²) in [6.07, 6.45) is 8.16. The molecule has 29 heteroatoms. The first-order chi connectivity index (χ1) is 20.2. The molecule has 0 unspecified atom stereocenters. The van der Waals surface area contributed by atoms with Crippen molar-refractivity contribution in [1.82, 2.24) is 22.7 Å². The van der Waals surface area contributed by atoms with Gasteiger partial charge < -0.3 is 9.47 Å². The van der Waals surface area contributed by atoms with Gasteiger partial charge >= 0.3 is 62.1 Å². The second-order valence-electron chi connectivity index (χ2n) is 7.74. The Hall–Kier alpha value is -1.95. The number of halogens is 12. The number of aromatic nitrogens is 2. The molecule has 2 N–H and O–H groups in total. The third-order valence-corrected chi connectivity index (χ3v) is 10.3. The van der Waals surface area contributed by atoms with Crippen molar-refractivity contribution in [3.05, 3.63) is 18.7 Å². The smallest absolute Gasteiger partial charge is 0.337 e. The number of hydrogen-bond donors (Lipinski definition) is 2. The van der Waals surface area contributed by atoms with E-state index in [0.29, 0.717) is 0 Å². The lowest BCUT2D eigenvalue weighted by atomic mass is 10.3. The van der Waals surface area contributed by atoms with Gasteiger partial charge in [0.25, 0.3) is 0 Å². The van der Waals surface area contributed by atoms with Gasteiger partial charge in [-0.2, -0.15) is 52.7 Å². The van der Waals surface area contributed by atoms with E-state index in [9.17, 15) is 86.4 Å². The van der Waals surface area contributed by atoms with E-state index in [2.05, 4.69) is 42.1 Å². The molecule has 0 spiro atoms. The Bertz CT molecular complexity index is 1260. The first-order valence-electron chi connectivity index (χ1n) is 11.7. The molecule has 0 radical (unpaired) electrons. The van der Waals surface area contributed by atoms with Gasteiger partial charge in [-0.1, -0.05) is 42.4 Å². The Morgan fingerprint density at radius 1 is 0.587 bits per heavy atom. The highest BCUT2D eigenvalue weighted by atomic mass is 32.3. The maximum atomic E-state index is 11.5. The highest BCUT2D eigenvalue weighted by Gasteiger charge is 2.56.